The molecule has 8 heteroatoms. The molecule has 0 radical (unpaired) electrons. The molecule has 0 aromatic heterocycles. The molecule has 0 saturated carbocycles. The standard InChI is InChI=1S/C12H23NO6S/c1-12(2,3)19-11(16)13-9(10(14)15)7-5-6-8-20(4,17)18/h9H,5-8H2,1-4H3,(H,13,16)(H,14,15)/t9-/m0/s1. The molecular formula is C12H23NO6S. The maximum absolute atomic E-state index is 11.5. The topological polar surface area (TPSA) is 110 Å². The highest BCUT2D eigenvalue weighted by atomic mass is 32.2. The number of hydrogen-bond acceptors (Lipinski definition) is 5. The lowest BCUT2D eigenvalue weighted by Crippen LogP contribution is -2.43. The van der Waals surface area contributed by atoms with E-state index in [9.17, 15) is 18.0 Å². The number of unbranched alkanes of at least 4 members (excludes halogenated alkanes) is 1. The third kappa shape index (κ3) is 10.6. The van der Waals surface area contributed by atoms with Crippen molar-refractivity contribution in [1.29, 1.82) is 0 Å². The van der Waals surface area contributed by atoms with Crippen LogP contribution in [0.3, 0.4) is 0 Å². The average molecular weight is 309 g/mol. The minimum Gasteiger partial charge on any atom is -0.480 e. The number of nitrogens with one attached hydrogen (secondary N) is 1. The first-order chi connectivity index (χ1) is 8.91. The number of carboxylic acid groups (broad SMARTS) is 1. The molecule has 20 heavy (non-hydrogen) atoms. The summed E-state index contributed by atoms with van der Waals surface area (Å²) in [6.07, 6.45) is 1.23. The van der Waals surface area contributed by atoms with Gasteiger partial charge in [0.25, 0.3) is 0 Å². The molecule has 1 amide bonds. The lowest BCUT2D eigenvalue weighted by Gasteiger charge is -2.22. The Balaban J connectivity index is 4.25. The second-order valence-corrected chi connectivity index (χ2v) is 7.92. The molecule has 2 N–H and O–H groups in total. The van der Waals surface area contributed by atoms with Gasteiger partial charge in [-0.05, 0) is 40.0 Å². The molecule has 118 valence electrons. The van der Waals surface area contributed by atoms with Crippen LogP contribution in [0.25, 0.3) is 0 Å². The molecule has 7 nitrogen and oxygen atoms in total. The minimum atomic E-state index is -3.05. The van der Waals surface area contributed by atoms with E-state index in [1.165, 1.54) is 0 Å². The molecule has 0 unspecified atom stereocenters. The van der Waals surface area contributed by atoms with Crippen LogP contribution in [0.15, 0.2) is 0 Å². The fraction of sp³-hybridized carbons (Fsp3) is 0.833. The summed E-state index contributed by atoms with van der Waals surface area (Å²) in [7, 11) is -3.05. The fourth-order valence-corrected chi connectivity index (χ4v) is 2.15. The van der Waals surface area contributed by atoms with Crippen molar-refractivity contribution in [3.05, 3.63) is 0 Å². The van der Waals surface area contributed by atoms with Crippen LogP contribution in [0.2, 0.25) is 0 Å². The van der Waals surface area contributed by atoms with Crippen LogP contribution < -0.4 is 5.32 Å². The van der Waals surface area contributed by atoms with Gasteiger partial charge < -0.3 is 15.2 Å². The number of carbonyl (C=O) groups is 2. The second kappa shape index (κ2) is 7.47. The van der Waals surface area contributed by atoms with Crippen molar-refractivity contribution in [3.63, 3.8) is 0 Å². The first-order valence-corrected chi connectivity index (χ1v) is 8.37. The lowest BCUT2D eigenvalue weighted by molar-refractivity contribution is -0.139. The van der Waals surface area contributed by atoms with Crippen LogP contribution in [0.1, 0.15) is 40.0 Å². The number of amides is 1. The Hall–Kier alpha value is -1.31. The normalized spacial score (nSPS) is 13.6. The van der Waals surface area contributed by atoms with E-state index < -0.39 is 33.5 Å². The molecule has 0 aliphatic carbocycles. The van der Waals surface area contributed by atoms with Crippen molar-refractivity contribution in [2.75, 3.05) is 12.0 Å². The van der Waals surface area contributed by atoms with Gasteiger partial charge >= 0.3 is 12.1 Å². The molecule has 0 aromatic carbocycles. The van der Waals surface area contributed by atoms with E-state index in [0.717, 1.165) is 6.26 Å². The largest absolute Gasteiger partial charge is 0.480 e. The van der Waals surface area contributed by atoms with E-state index in [1.54, 1.807) is 20.8 Å². The molecule has 0 aliphatic heterocycles. The first kappa shape index (κ1) is 18.7. The average Bonchev–Trinajstić information content (AvgIpc) is 2.17. The van der Waals surface area contributed by atoms with E-state index >= 15 is 0 Å². The Bertz CT molecular complexity index is 437. The van der Waals surface area contributed by atoms with Gasteiger partial charge in [-0.15, -0.1) is 0 Å². The summed E-state index contributed by atoms with van der Waals surface area (Å²) in [5.41, 5.74) is -0.705. The van der Waals surface area contributed by atoms with E-state index in [4.69, 9.17) is 9.84 Å². The highest BCUT2D eigenvalue weighted by Crippen LogP contribution is 2.08. The summed E-state index contributed by atoms with van der Waals surface area (Å²) in [5.74, 6) is -1.17. The summed E-state index contributed by atoms with van der Waals surface area (Å²) in [5, 5.41) is 11.3. The molecule has 0 saturated heterocycles. The van der Waals surface area contributed by atoms with E-state index in [0.29, 0.717) is 12.8 Å². The van der Waals surface area contributed by atoms with Crippen LogP contribution in [-0.2, 0) is 19.4 Å². The second-order valence-electron chi connectivity index (χ2n) is 5.66. The molecule has 1 atom stereocenters. The van der Waals surface area contributed by atoms with Crippen molar-refractivity contribution >= 4 is 21.9 Å². The molecule has 0 heterocycles. The maximum atomic E-state index is 11.5. The zero-order valence-corrected chi connectivity index (χ0v) is 13.1. The van der Waals surface area contributed by atoms with Crippen LogP contribution in [0.4, 0.5) is 4.79 Å². The van der Waals surface area contributed by atoms with E-state index in [-0.39, 0.29) is 12.2 Å². The van der Waals surface area contributed by atoms with Crippen molar-refractivity contribution in [2.45, 2.75) is 51.7 Å². The maximum Gasteiger partial charge on any atom is 0.408 e. The molecule has 0 bridgehead atoms. The fourth-order valence-electron chi connectivity index (χ4n) is 1.42. The van der Waals surface area contributed by atoms with E-state index in [1.807, 2.05) is 0 Å². The van der Waals surface area contributed by atoms with Gasteiger partial charge in [0.2, 0.25) is 0 Å². The minimum absolute atomic E-state index is 0.00573. The van der Waals surface area contributed by atoms with Crippen molar-refractivity contribution in [2.24, 2.45) is 0 Å². The Morgan fingerprint density at radius 3 is 2.20 bits per heavy atom. The van der Waals surface area contributed by atoms with Crippen molar-refractivity contribution < 1.29 is 27.9 Å². The molecule has 0 aromatic rings. The first-order valence-electron chi connectivity index (χ1n) is 6.31. The third-order valence-corrected chi connectivity index (χ3v) is 3.28. The summed E-state index contributed by atoms with van der Waals surface area (Å²) in [6.45, 7) is 5.03. The summed E-state index contributed by atoms with van der Waals surface area (Å²) in [6, 6.07) is -1.08. The number of carbonyl (C=O) groups excluding carboxylic acids is 1. The number of ether oxygens (including phenoxy) is 1. The Morgan fingerprint density at radius 1 is 1.25 bits per heavy atom. The summed E-state index contributed by atoms with van der Waals surface area (Å²) >= 11 is 0. The van der Waals surface area contributed by atoms with Crippen LogP contribution in [0, 0.1) is 0 Å². The van der Waals surface area contributed by atoms with Gasteiger partial charge in [0.05, 0.1) is 0 Å². The highest BCUT2D eigenvalue weighted by molar-refractivity contribution is 7.90. The molecular weight excluding hydrogens is 286 g/mol. The van der Waals surface area contributed by atoms with Crippen LogP contribution in [0.5, 0.6) is 0 Å². The smallest absolute Gasteiger partial charge is 0.408 e. The van der Waals surface area contributed by atoms with Gasteiger partial charge in [0.15, 0.2) is 0 Å². The van der Waals surface area contributed by atoms with Gasteiger partial charge in [-0.1, -0.05) is 0 Å². The van der Waals surface area contributed by atoms with Crippen molar-refractivity contribution in [1.82, 2.24) is 5.32 Å². The highest BCUT2D eigenvalue weighted by Gasteiger charge is 2.23. The zero-order valence-electron chi connectivity index (χ0n) is 12.3. The molecule has 0 spiro atoms. The Morgan fingerprint density at radius 2 is 1.80 bits per heavy atom. The number of alkyl carbamates (subject to hydrolysis) is 1. The van der Waals surface area contributed by atoms with Gasteiger partial charge in [-0.2, -0.15) is 0 Å². The Kier molecular flexibility index (Phi) is 6.98. The number of rotatable bonds is 7. The quantitative estimate of drug-likeness (QED) is 0.683. The van der Waals surface area contributed by atoms with E-state index in [2.05, 4.69) is 5.32 Å². The van der Waals surface area contributed by atoms with Gasteiger partial charge in [0, 0.05) is 12.0 Å². The van der Waals surface area contributed by atoms with Gasteiger partial charge in [-0.25, -0.2) is 18.0 Å². The van der Waals surface area contributed by atoms with Crippen LogP contribution >= 0.6 is 0 Å². The third-order valence-electron chi connectivity index (χ3n) is 2.25. The predicted octanol–water partition coefficient (Wildman–Crippen LogP) is 1.18. The Labute approximate surface area is 119 Å². The zero-order chi connectivity index (χ0) is 16.0. The molecule has 0 aliphatic rings. The summed E-state index contributed by atoms with van der Waals surface area (Å²) < 4.78 is 26.8. The SMILES string of the molecule is CC(C)(C)OC(=O)N[C@@H](CCCCS(C)(=O)=O)C(=O)O. The number of carboxylic acids is 1. The van der Waals surface area contributed by atoms with Crippen LogP contribution in [-0.4, -0.2) is 49.2 Å². The summed E-state index contributed by atoms with van der Waals surface area (Å²) in [4.78, 5) is 22.5. The van der Waals surface area contributed by atoms with Gasteiger partial charge in [-0.3, -0.25) is 0 Å². The molecule has 0 rings (SSSR count). The lowest BCUT2D eigenvalue weighted by atomic mass is 10.1. The van der Waals surface area contributed by atoms with Crippen molar-refractivity contribution in [3.8, 4) is 0 Å². The number of sulfone groups is 1. The van der Waals surface area contributed by atoms with Gasteiger partial charge in [0.1, 0.15) is 21.5 Å². The number of hydrogen-bond donors (Lipinski definition) is 2. The number of aliphatic carboxylic acids is 1. The molecule has 0 fully saturated rings. The monoisotopic (exact) mass is 309 g/mol. The predicted molar refractivity (Wildman–Crippen MR) is 74.4 cm³/mol.